The SMILES string of the molecule is C[C@]12CC[C@@H](O)C[C@@H]1CC[C@@H]1[C@@H]2CC[C@]2(C)[C@H](O)CC[C@@H]12. The summed E-state index contributed by atoms with van der Waals surface area (Å²) in [6.07, 6.45) is 10.7. The smallest absolute Gasteiger partial charge is 0.0596 e. The summed E-state index contributed by atoms with van der Waals surface area (Å²) in [7, 11) is 0. The first-order chi connectivity index (χ1) is 9.95. The maximum Gasteiger partial charge on any atom is 0.0596 e. The van der Waals surface area contributed by atoms with Crippen molar-refractivity contribution in [3.63, 3.8) is 0 Å². The average molecular weight is 292 g/mol. The van der Waals surface area contributed by atoms with Gasteiger partial charge in [0.05, 0.1) is 12.2 Å². The van der Waals surface area contributed by atoms with Crippen LogP contribution in [0, 0.1) is 34.5 Å². The molecule has 0 spiro atoms. The maximum atomic E-state index is 10.5. The molecule has 8 atom stereocenters. The highest BCUT2D eigenvalue weighted by molar-refractivity contribution is 5.09. The van der Waals surface area contributed by atoms with E-state index in [-0.39, 0.29) is 17.6 Å². The number of aliphatic hydroxyl groups is 2. The quantitative estimate of drug-likeness (QED) is 0.714. The highest BCUT2D eigenvalue weighted by atomic mass is 16.3. The minimum Gasteiger partial charge on any atom is -0.393 e. The minimum absolute atomic E-state index is 0.0400. The van der Waals surface area contributed by atoms with E-state index in [4.69, 9.17) is 0 Å². The van der Waals surface area contributed by atoms with E-state index in [0.717, 1.165) is 42.9 Å². The summed E-state index contributed by atoms with van der Waals surface area (Å²) in [5.74, 6) is 3.21. The molecule has 0 aromatic rings. The summed E-state index contributed by atoms with van der Waals surface area (Å²) in [6, 6.07) is 0. The topological polar surface area (TPSA) is 40.5 Å². The van der Waals surface area contributed by atoms with Crippen molar-refractivity contribution in [1.29, 1.82) is 0 Å². The van der Waals surface area contributed by atoms with E-state index in [2.05, 4.69) is 13.8 Å². The number of fused-ring (bicyclic) bond motifs is 5. The van der Waals surface area contributed by atoms with Crippen molar-refractivity contribution >= 4 is 0 Å². The molecule has 4 saturated carbocycles. The molecule has 0 amide bonds. The minimum atomic E-state index is -0.0536. The Hall–Kier alpha value is -0.0800. The third-order valence-corrected chi connectivity index (χ3v) is 8.59. The number of rotatable bonds is 0. The average Bonchev–Trinajstić information content (AvgIpc) is 2.76. The lowest BCUT2D eigenvalue weighted by Gasteiger charge is -2.60. The molecule has 2 heteroatoms. The predicted octanol–water partition coefficient (Wildman–Crippen LogP) is 3.75. The van der Waals surface area contributed by atoms with Gasteiger partial charge in [0.15, 0.2) is 0 Å². The van der Waals surface area contributed by atoms with Crippen molar-refractivity contribution in [1.82, 2.24) is 0 Å². The summed E-state index contributed by atoms with van der Waals surface area (Å²) in [4.78, 5) is 0. The Labute approximate surface area is 129 Å². The molecule has 0 saturated heterocycles. The Bertz CT molecular complexity index is 422. The normalized spacial score (nSPS) is 60.0. The summed E-state index contributed by atoms with van der Waals surface area (Å²) in [6.45, 7) is 4.90. The highest BCUT2D eigenvalue weighted by Gasteiger charge is 2.59. The van der Waals surface area contributed by atoms with E-state index >= 15 is 0 Å². The van der Waals surface area contributed by atoms with Gasteiger partial charge in [0.1, 0.15) is 0 Å². The van der Waals surface area contributed by atoms with Crippen LogP contribution in [0.1, 0.15) is 71.6 Å². The van der Waals surface area contributed by atoms with E-state index in [1.807, 2.05) is 0 Å². The van der Waals surface area contributed by atoms with Gasteiger partial charge in [-0.1, -0.05) is 13.8 Å². The molecule has 2 nitrogen and oxygen atoms in total. The summed E-state index contributed by atoms with van der Waals surface area (Å²) >= 11 is 0. The van der Waals surface area contributed by atoms with Crippen molar-refractivity contribution in [2.45, 2.75) is 83.8 Å². The standard InChI is InChI=1S/C19H32O2/c1-18-9-7-13(20)11-12(18)3-4-14-15-5-6-17(21)19(15,2)10-8-16(14)18/h12-17,20-21H,3-11H2,1-2H3/t12-,13+,14-,15-,16-,17+,18-,19-/m0/s1. The van der Waals surface area contributed by atoms with Gasteiger partial charge in [0, 0.05) is 0 Å². The van der Waals surface area contributed by atoms with Crippen LogP contribution in [0.15, 0.2) is 0 Å². The zero-order valence-corrected chi connectivity index (χ0v) is 13.7. The second kappa shape index (κ2) is 4.71. The first-order valence-electron chi connectivity index (χ1n) is 9.31. The Morgan fingerprint density at radius 2 is 1.48 bits per heavy atom. The van der Waals surface area contributed by atoms with Crippen LogP contribution in [0.4, 0.5) is 0 Å². The van der Waals surface area contributed by atoms with Crippen molar-refractivity contribution in [3.05, 3.63) is 0 Å². The molecule has 4 aliphatic carbocycles. The van der Waals surface area contributed by atoms with Crippen LogP contribution < -0.4 is 0 Å². The largest absolute Gasteiger partial charge is 0.393 e. The summed E-state index contributed by atoms with van der Waals surface area (Å²) in [5, 5.41) is 20.5. The molecular formula is C19H32O2. The zero-order chi connectivity index (χ0) is 14.8. The van der Waals surface area contributed by atoms with Gasteiger partial charge >= 0.3 is 0 Å². The van der Waals surface area contributed by atoms with Crippen LogP contribution in [0.25, 0.3) is 0 Å². The molecule has 0 heterocycles. The van der Waals surface area contributed by atoms with Crippen LogP contribution in [0.2, 0.25) is 0 Å². The van der Waals surface area contributed by atoms with Crippen molar-refractivity contribution in [3.8, 4) is 0 Å². The van der Waals surface area contributed by atoms with E-state index in [9.17, 15) is 10.2 Å². The van der Waals surface area contributed by atoms with Gasteiger partial charge in [0.25, 0.3) is 0 Å². The maximum absolute atomic E-state index is 10.5. The van der Waals surface area contributed by atoms with Gasteiger partial charge in [-0.05, 0) is 92.3 Å². The monoisotopic (exact) mass is 292 g/mol. The number of aliphatic hydroxyl groups excluding tert-OH is 2. The molecule has 4 fully saturated rings. The highest BCUT2D eigenvalue weighted by Crippen LogP contribution is 2.66. The van der Waals surface area contributed by atoms with Crippen molar-refractivity contribution < 1.29 is 10.2 Å². The van der Waals surface area contributed by atoms with E-state index in [1.54, 1.807) is 0 Å². The predicted molar refractivity (Wildman–Crippen MR) is 83.7 cm³/mol. The molecular weight excluding hydrogens is 260 g/mol. The lowest BCUT2D eigenvalue weighted by molar-refractivity contribution is -0.133. The fourth-order valence-electron chi connectivity index (χ4n) is 7.21. The fourth-order valence-corrected chi connectivity index (χ4v) is 7.21. The second-order valence-electron chi connectivity index (χ2n) is 9.22. The van der Waals surface area contributed by atoms with Crippen molar-refractivity contribution in [2.75, 3.05) is 0 Å². The Morgan fingerprint density at radius 3 is 2.29 bits per heavy atom. The van der Waals surface area contributed by atoms with E-state index in [1.165, 1.54) is 38.5 Å². The van der Waals surface area contributed by atoms with Gasteiger partial charge in [-0.25, -0.2) is 0 Å². The van der Waals surface area contributed by atoms with Gasteiger partial charge in [-0.3, -0.25) is 0 Å². The third kappa shape index (κ3) is 1.91. The van der Waals surface area contributed by atoms with E-state index < -0.39 is 0 Å². The van der Waals surface area contributed by atoms with Gasteiger partial charge in [-0.2, -0.15) is 0 Å². The lowest BCUT2D eigenvalue weighted by atomic mass is 9.45. The van der Waals surface area contributed by atoms with Crippen LogP contribution >= 0.6 is 0 Å². The van der Waals surface area contributed by atoms with Crippen LogP contribution in [0.3, 0.4) is 0 Å². The molecule has 0 bridgehead atoms. The van der Waals surface area contributed by atoms with Gasteiger partial charge in [-0.15, -0.1) is 0 Å². The molecule has 0 unspecified atom stereocenters. The van der Waals surface area contributed by atoms with Crippen LogP contribution in [-0.4, -0.2) is 22.4 Å². The summed E-state index contributed by atoms with van der Waals surface area (Å²) < 4.78 is 0. The molecule has 2 N–H and O–H groups in total. The number of hydrogen-bond acceptors (Lipinski definition) is 2. The molecule has 0 aromatic heterocycles. The lowest BCUT2D eigenvalue weighted by Crippen LogP contribution is -2.54. The Balaban J connectivity index is 1.62. The number of hydrogen-bond donors (Lipinski definition) is 2. The molecule has 0 radical (unpaired) electrons. The zero-order valence-electron chi connectivity index (χ0n) is 13.7. The van der Waals surface area contributed by atoms with Crippen molar-refractivity contribution in [2.24, 2.45) is 34.5 Å². The molecule has 0 aromatic carbocycles. The Morgan fingerprint density at radius 1 is 0.762 bits per heavy atom. The first-order valence-corrected chi connectivity index (χ1v) is 9.31. The molecule has 21 heavy (non-hydrogen) atoms. The van der Waals surface area contributed by atoms with Gasteiger partial charge in [0.2, 0.25) is 0 Å². The van der Waals surface area contributed by atoms with Gasteiger partial charge < -0.3 is 10.2 Å². The second-order valence-corrected chi connectivity index (χ2v) is 9.22. The van der Waals surface area contributed by atoms with Crippen LogP contribution in [0.5, 0.6) is 0 Å². The molecule has 0 aliphatic heterocycles. The molecule has 4 aliphatic rings. The molecule has 4 rings (SSSR count). The Kier molecular flexibility index (Phi) is 3.25. The van der Waals surface area contributed by atoms with E-state index in [0.29, 0.717) is 5.41 Å². The first kappa shape index (κ1) is 14.5. The molecule has 120 valence electrons. The summed E-state index contributed by atoms with van der Waals surface area (Å²) in [5.41, 5.74) is 0.676. The van der Waals surface area contributed by atoms with Crippen LogP contribution in [-0.2, 0) is 0 Å². The fraction of sp³-hybridized carbons (Fsp3) is 1.00. The third-order valence-electron chi connectivity index (χ3n) is 8.59.